The first kappa shape index (κ1) is 12.8. The van der Waals surface area contributed by atoms with Gasteiger partial charge in [-0.2, -0.15) is 0 Å². The molecule has 0 spiro atoms. The van der Waals surface area contributed by atoms with E-state index in [4.69, 9.17) is 0 Å². The van der Waals surface area contributed by atoms with Crippen LogP contribution in [0.15, 0.2) is 18.2 Å². The van der Waals surface area contributed by atoms with Crippen LogP contribution < -0.4 is 5.32 Å². The molecule has 1 amide bonds. The summed E-state index contributed by atoms with van der Waals surface area (Å²) < 4.78 is 0. The molecule has 1 rings (SSSR count). The third-order valence-corrected chi connectivity index (χ3v) is 2.75. The van der Waals surface area contributed by atoms with Crippen LogP contribution in [0.5, 0.6) is 0 Å². The van der Waals surface area contributed by atoms with Crippen LogP contribution in [-0.2, 0) is 4.79 Å². The Kier molecular flexibility index (Phi) is 4.53. The fourth-order valence-electron chi connectivity index (χ4n) is 1.93. The Balaban J connectivity index is 2.72. The lowest BCUT2D eigenvalue weighted by Crippen LogP contribution is -2.26. The van der Waals surface area contributed by atoms with E-state index in [0.29, 0.717) is 6.42 Å². The Hall–Kier alpha value is -1.31. The van der Waals surface area contributed by atoms with Gasteiger partial charge in [0.15, 0.2) is 0 Å². The number of aryl methyl sites for hydroxylation is 2. The van der Waals surface area contributed by atoms with E-state index >= 15 is 0 Å². The maximum absolute atomic E-state index is 11.5. The monoisotopic (exact) mass is 219 g/mol. The number of hydrogen-bond acceptors (Lipinski definition) is 1. The third-order valence-electron chi connectivity index (χ3n) is 2.75. The van der Waals surface area contributed by atoms with Gasteiger partial charge in [-0.15, -0.1) is 0 Å². The zero-order valence-electron chi connectivity index (χ0n) is 10.6. The van der Waals surface area contributed by atoms with Gasteiger partial charge in [0.25, 0.3) is 0 Å². The van der Waals surface area contributed by atoms with Crippen molar-refractivity contribution >= 4 is 5.91 Å². The molecule has 0 saturated heterocycles. The number of rotatable bonds is 4. The molecule has 2 nitrogen and oxygen atoms in total. The Bertz CT molecular complexity index is 371. The highest BCUT2D eigenvalue weighted by atomic mass is 16.1. The van der Waals surface area contributed by atoms with E-state index in [1.165, 1.54) is 16.7 Å². The minimum atomic E-state index is 0.0969. The second-order valence-electron chi connectivity index (χ2n) is 4.40. The van der Waals surface area contributed by atoms with E-state index < -0.39 is 0 Å². The fraction of sp³-hybridized carbons (Fsp3) is 0.500. The largest absolute Gasteiger partial charge is 0.350 e. The van der Waals surface area contributed by atoms with Gasteiger partial charge in [0, 0.05) is 6.42 Å². The molecule has 16 heavy (non-hydrogen) atoms. The van der Waals surface area contributed by atoms with Gasteiger partial charge in [0.1, 0.15) is 0 Å². The lowest BCUT2D eigenvalue weighted by molar-refractivity contribution is -0.121. The molecular weight excluding hydrogens is 198 g/mol. The van der Waals surface area contributed by atoms with Gasteiger partial charge in [-0.05, 0) is 38.3 Å². The van der Waals surface area contributed by atoms with E-state index in [-0.39, 0.29) is 11.9 Å². The Morgan fingerprint density at radius 3 is 2.62 bits per heavy atom. The Labute approximate surface area is 98.1 Å². The maximum Gasteiger partial charge on any atom is 0.220 e. The van der Waals surface area contributed by atoms with Gasteiger partial charge < -0.3 is 5.32 Å². The fourth-order valence-corrected chi connectivity index (χ4v) is 1.93. The first-order valence-corrected chi connectivity index (χ1v) is 5.91. The summed E-state index contributed by atoms with van der Waals surface area (Å²) in [6.07, 6.45) is 1.50. The summed E-state index contributed by atoms with van der Waals surface area (Å²) >= 11 is 0. The molecule has 1 aromatic rings. The summed E-state index contributed by atoms with van der Waals surface area (Å²) in [6, 6.07) is 6.43. The smallest absolute Gasteiger partial charge is 0.220 e. The van der Waals surface area contributed by atoms with Crippen LogP contribution in [0.25, 0.3) is 0 Å². The second kappa shape index (κ2) is 5.69. The van der Waals surface area contributed by atoms with Crippen LogP contribution >= 0.6 is 0 Å². The minimum absolute atomic E-state index is 0.0969. The van der Waals surface area contributed by atoms with E-state index in [2.05, 4.69) is 37.4 Å². The highest BCUT2D eigenvalue weighted by Gasteiger charge is 2.10. The predicted molar refractivity (Wildman–Crippen MR) is 67.4 cm³/mol. The first-order chi connectivity index (χ1) is 7.54. The van der Waals surface area contributed by atoms with Crippen LogP contribution in [0.2, 0.25) is 0 Å². The average Bonchev–Trinajstić information content (AvgIpc) is 2.17. The molecule has 0 aliphatic rings. The van der Waals surface area contributed by atoms with Gasteiger partial charge in [-0.3, -0.25) is 4.79 Å². The Morgan fingerprint density at radius 2 is 2.06 bits per heavy atom. The number of carbonyl (C=O) groups is 1. The molecule has 0 aliphatic carbocycles. The maximum atomic E-state index is 11.5. The summed E-state index contributed by atoms with van der Waals surface area (Å²) in [7, 11) is 0. The van der Waals surface area contributed by atoms with Crippen molar-refractivity contribution < 1.29 is 4.79 Å². The zero-order valence-corrected chi connectivity index (χ0v) is 10.6. The molecule has 0 bridgehead atoms. The van der Waals surface area contributed by atoms with Gasteiger partial charge in [-0.1, -0.05) is 30.7 Å². The van der Waals surface area contributed by atoms with Crippen LogP contribution in [0.3, 0.4) is 0 Å². The van der Waals surface area contributed by atoms with Crippen molar-refractivity contribution in [2.45, 2.75) is 46.6 Å². The standard InChI is InChI=1S/C14H21NO/c1-5-6-14(16)15-12(4)13-8-7-10(2)9-11(13)3/h7-9,12H,5-6H2,1-4H3,(H,15,16)/t12-/m1/s1. The molecule has 0 heterocycles. The van der Waals surface area contributed by atoms with Gasteiger partial charge in [0.2, 0.25) is 5.91 Å². The highest BCUT2D eigenvalue weighted by Crippen LogP contribution is 2.18. The van der Waals surface area contributed by atoms with Crippen LogP contribution in [0.4, 0.5) is 0 Å². The minimum Gasteiger partial charge on any atom is -0.350 e. The quantitative estimate of drug-likeness (QED) is 0.827. The number of nitrogens with one attached hydrogen (secondary N) is 1. The summed E-state index contributed by atoms with van der Waals surface area (Å²) in [4.78, 5) is 11.5. The summed E-state index contributed by atoms with van der Waals surface area (Å²) in [5.41, 5.74) is 3.70. The van der Waals surface area contributed by atoms with Crippen molar-refractivity contribution in [3.05, 3.63) is 34.9 Å². The molecule has 0 aliphatic heterocycles. The lowest BCUT2D eigenvalue weighted by Gasteiger charge is -2.16. The van der Waals surface area contributed by atoms with Crippen molar-refractivity contribution in [3.63, 3.8) is 0 Å². The van der Waals surface area contributed by atoms with Gasteiger partial charge >= 0.3 is 0 Å². The van der Waals surface area contributed by atoms with Crippen LogP contribution in [0, 0.1) is 13.8 Å². The zero-order chi connectivity index (χ0) is 12.1. The van der Waals surface area contributed by atoms with Crippen molar-refractivity contribution in [2.75, 3.05) is 0 Å². The predicted octanol–water partition coefficient (Wildman–Crippen LogP) is 3.28. The highest BCUT2D eigenvalue weighted by molar-refractivity contribution is 5.76. The van der Waals surface area contributed by atoms with Gasteiger partial charge in [-0.25, -0.2) is 0 Å². The second-order valence-corrected chi connectivity index (χ2v) is 4.40. The molecule has 0 unspecified atom stereocenters. The number of benzene rings is 1. The molecule has 1 aromatic carbocycles. The topological polar surface area (TPSA) is 29.1 Å². The van der Waals surface area contributed by atoms with Crippen LogP contribution in [-0.4, -0.2) is 5.91 Å². The SMILES string of the molecule is CCCC(=O)N[C@H](C)c1ccc(C)cc1C. The summed E-state index contributed by atoms with van der Waals surface area (Å²) in [5, 5.41) is 3.02. The molecule has 0 radical (unpaired) electrons. The molecular formula is C14H21NO. The summed E-state index contributed by atoms with van der Waals surface area (Å²) in [5.74, 6) is 0.134. The molecule has 88 valence electrons. The third kappa shape index (κ3) is 3.37. The van der Waals surface area contributed by atoms with Crippen molar-refractivity contribution in [1.29, 1.82) is 0 Å². The van der Waals surface area contributed by atoms with E-state index in [1.54, 1.807) is 0 Å². The molecule has 0 aromatic heterocycles. The molecule has 1 atom stereocenters. The van der Waals surface area contributed by atoms with E-state index in [9.17, 15) is 4.79 Å². The van der Waals surface area contributed by atoms with E-state index in [0.717, 1.165) is 6.42 Å². The number of carbonyl (C=O) groups excluding carboxylic acids is 1. The average molecular weight is 219 g/mol. The normalized spacial score (nSPS) is 12.2. The molecule has 1 N–H and O–H groups in total. The van der Waals surface area contributed by atoms with Crippen molar-refractivity contribution in [2.24, 2.45) is 0 Å². The molecule has 0 saturated carbocycles. The Morgan fingerprint density at radius 1 is 1.38 bits per heavy atom. The number of amides is 1. The first-order valence-electron chi connectivity index (χ1n) is 5.91. The van der Waals surface area contributed by atoms with E-state index in [1.807, 2.05) is 13.8 Å². The van der Waals surface area contributed by atoms with Gasteiger partial charge in [0.05, 0.1) is 6.04 Å². The van der Waals surface area contributed by atoms with Crippen LogP contribution in [0.1, 0.15) is 49.4 Å². The summed E-state index contributed by atoms with van der Waals surface area (Å²) in [6.45, 7) is 8.22. The molecule has 0 fully saturated rings. The lowest BCUT2D eigenvalue weighted by atomic mass is 10.0. The van der Waals surface area contributed by atoms with Crippen molar-refractivity contribution in [1.82, 2.24) is 5.32 Å². The number of hydrogen-bond donors (Lipinski definition) is 1. The molecule has 2 heteroatoms. The van der Waals surface area contributed by atoms with Crippen molar-refractivity contribution in [3.8, 4) is 0 Å².